The van der Waals surface area contributed by atoms with Crippen molar-refractivity contribution in [3.63, 3.8) is 0 Å². The van der Waals surface area contributed by atoms with Crippen molar-refractivity contribution in [2.24, 2.45) is 0 Å². The Morgan fingerprint density at radius 3 is 2.59 bits per heavy atom. The zero-order chi connectivity index (χ0) is 20.8. The standard InChI is InChI=1S/C22H24N2O4S/c1-4-27-22(26)19-14(2)20(16-9-6-5-7-10-16)29-21(19)24-18(25)13-23-15(3)17-11-8-12-28-17/h5-12,15,23H,4,13H2,1-3H3,(H,24,25)/t15-/m1/s1. The highest BCUT2D eigenvalue weighted by Gasteiger charge is 2.24. The number of benzene rings is 1. The fourth-order valence-electron chi connectivity index (χ4n) is 2.97. The van der Waals surface area contributed by atoms with Crippen LogP contribution in [0.15, 0.2) is 53.1 Å². The van der Waals surface area contributed by atoms with Gasteiger partial charge in [0.25, 0.3) is 0 Å². The Kier molecular flexibility index (Phi) is 6.85. The Balaban J connectivity index is 1.79. The van der Waals surface area contributed by atoms with Gasteiger partial charge in [-0.25, -0.2) is 4.79 Å². The highest BCUT2D eigenvalue weighted by Crippen LogP contribution is 2.40. The van der Waals surface area contributed by atoms with Crippen molar-refractivity contribution in [2.75, 3.05) is 18.5 Å². The van der Waals surface area contributed by atoms with Crippen LogP contribution < -0.4 is 10.6 Å². The number of carbonyl (C=O) groups excluding carboxylic acids is 2. The molecule has 0 saturated carbocycles. The van der Waals surface area contributed by atoms with Gasteiger partial charge in [-0.3, -0.25) is 10.1 Å². The largest absolute Gasteiger partial charge is 0.468 e. The molecule has 29 heavy (non-hydrogen) atoms. The summed E-state index contributed by atoms with van der Waals surface area (Å²) in [6.45, 7) is 5.90. The molecular weight excluding hydrogens is 388 g/mol. The molecule has 0 saturated heterocycles. The van der Waals surface area contributed by atoms with E-state index in [0.717, 1.165) is 21.8 Å². The van der Waals surface area contributed by atoms with Crippen LogP contribution in [0.5, 0.6) is 0 Å². The van der Waals surface area contributed by atoms with E-state index < -0.39 is 5.97 Å². The maximum Gasteiger partial charge on any atom is 0.341 e. The van der Waals surface area contributed by atoms with E-state index >= 15 is 0 Å². The summed E-state index contributed by atoms with van der Waals surface area (Å²) in [7, 11) is 0. The smallest absolute Gasteiger partial charge is 0.341 e. The van der Waals surface area contributed by atoms with Gasteiger partial charge in [0.05, 0.1) is 31.0 Å². The molecular formula is C22H24N2O4S. The predicted octanol–water partition coefficient (Wildman–Crippen LogP) is 4.78. The molecule has 1 amide bonds. The van der Waals surface area contributed by atoms with Crippen LogP contribution in [0, 0.1) is 6.92 Å². The minimum Gasteiger partial charge on any atom is -0.468 e. The van der Waals surface area contributed by atoms with E-state index in [1.54, 1.807) is 19.3 Å². The summed E-state index contributed by atoms with van der Waals surface area (Å²) in [5.74, 6) is 0.0776. The van der Waals surface area contributed by atoms with Gasteiger partial charge in [0.2, 0.25) is 5.91 Å². The molecule has 1 atom stereocenters. The summed E-state index contributed by atoms with van der Waals surface area (Å²) in [5.41, 5.74) is 2.20. The molecule has 152 valence electrons. The lowest BCUT2D eigenvalue weighted by molar-refractivity contribution is -0.115. The third-order valence-corrected chi connectivity index (χ3v) is 5.71. The predicted molar refractivity (Wildman–Crippen MR) is 114 cm³/mol. The summed E-state index contributed by atoms with van der Waals surface area (Å²) in [5, 5.41) is 6.48. The number of anilines is 1. The molecule has 6 nitrogen and oxygen atoms in total. The van der Waals surface area contributed by atoms with Gasteiger partial charge in [-0.05, 0) is 44.0 Å². The van der Waals surface area contributed by atoms with Crippen molar-refractivity contribution in [2.45, 2.75) is 26.8 Å². The van der Waals surface area contributed by atoms with Crippen LogP contribution in [0.1, 0.15) is 41.6 Å². The molecule has 3 aromatic rings. The van der Waals surface area contributed by atoms with Gasteiger partial charge in [-0.15, -0.1) is 11.3 Å². The summed E-state index contributed by atoms with van der Waals surface area (Å²) in [4.78, 5) is 26.0. The van der Waals surface area contributed by atoms with Crippen molar-refractivity contribution < 1.29 is 18.7 Å². The number of hydrogen-bond acceptors (Lipinski definition) is 6. The van der Waals surface area contributed by atoms with Gasteiger partial charge < -0.3 is 14.5 Å². The second kappa shape index (κ2) is 9.54. The topological polar surface area (TPSA) is 80.6 Å². The monoisotopic (exact) mass is 412 g/mol. The average molecular weight is 413 g/mol. The first-order valence-electron chi connectivity index (χ1n) is 9.43. The number of carbonyl (C=O) groups is 2. The Labute approximate surface area is 173 Å². The molecule has 7 heteroatoms. The van der Waals surface area contributed by atoms with E-state index in [1.807, 2.05) is 50.2 Å². The molecule has 0 aliphatic carbocycles. The van der Waals surface area contributed by atoms with Crippen molar-refractivity contribution in [3.05, 3.63) is 65.6 Å². The van der Waals surface area contributed by atoms with Crippen molar-refractivity contribution in [3.8, 4) is 10.4 Å². The quantitative estimate of drug-likeness (QED) is 0.520. The molecule has 3 rings (SSSR count). The molecule has 0 spiro atoms. The van der Waals surface area contributed by atoms with Gasteiger partial charge in [-0.2, -0.15) is 0 Å². The first-order valence-corrected chi connectivity index (χ1v) is 10.3. The number of thiophene rings is 1. The molecule has 2 heterocycles. The number of esters is 1. The fraction of sp³-hybridized carbons (Fsp3) is 0.273. The number of amides is 1. The molecule has 0 radical (unpaired) electrons. The van der Waals surface area contributed by atoms with E-state index in [2.05, 4.69) is 10.6 Å². The van der Waals surface area contributed by atoms with Crippen molar-refractivity contribution in [1.29, 1.82) is 0 Å². The van der Waals surface area contributed by atoms with E-state index in [0.29, 0.717) is 10.6 Å². The Morgan fingerprint density at radius 2 is 1.93 bits per heavy atom. The van der Waals surface area contributed by atoms with Crippen LogP contribution in [0.4, 0.5) is 5.00 Å². The van der Waals surface area contributed by atoms with Gasteiger partial charge >= 0.3 is 5.97 Å². The summed E-state index contributed by atoms with van der Waals surface area (Å²) in [6.07, 6.45) is 1.60. The van der Waals surface area contributed by atoms with Gasteiger partial charge in [0.15, 0.2) is 0 Å². The van der Waals surface area contributed by atoms with E-state index in [9.17, 15) is 9.59 Å². The van der Waals surface area contributed by atoms with E-state index in [4.69, 9.17) is 9.15 Å². The van der Waals surface area contributed by atoms with Crippen LogP contribution in [-0.4, -0.2) is 25.0 Å². The molecule has 0 unspecified atom stereocenters. The van der Waals surface area contributed by atoms with Crippen LogP contribution in [0.2, 0.25) is 0 Å². The fourth-order valence-corrected chi connectivity index (χ4v) is 4.19. The zero-order valence-electron chi connectivity index (χ0n) is 16.7. The molecule has 1 aromatic carbocycles. The molecule has 0 bridgehead atoms. The molecule has 0 aliphatic heterocycles. The highest BCUT2D eigenvalue weighted by molar-refractivity contribution is 7.20. The van der Waals surface area contributed by atoms with Crippen molar-refractivity contribution in [1.82, 2.24) is 5.32 Å². The zero-order valence-corrected chi connectivity index (χ0v) is 17.5. The number of nitrogens with one attached hydrogen (secondary N) is 2. The van der Waals surface area contributed by atoms with Crippen molar-refractivity contribution >= 4 is 28.2 Å². The first-order chi connectivity index (χ1) is 14.0. The van der Waals surface area contributed by atoms with Gasteiger partial charge in [0, 0.05) is 4.88 Å². The van der Waals surface area contributed by atoms with Gasteiger partial charge in [-0.1, -0.05) is 30.3 Å². The number of ether oxygens (including phenoxy) is 1. The normalized spacial score (nSPS) is 11.8. The molecule has 0 aliphatic rings. The highest BCUT2D eigenvalue weighted by atomic mass is 32.1. The minimum absolute atomic E-state index is 0.0851. The second-order valence-corrected chi connectivity index (χ2v) is 7.53. The second-order valence-electron chi connectivity index (χ2n) is 6.51. The molecule has 2 aromatic heterocycles. The minimum atomic E-state index is -0.435. The lowest BCUT2D eigenvalue weighted by Gasteiger charge is -2.11. The third-order valence-electron chi connectivity index (χ3n) is 4.45. The summed E-state index contributed by atoms with van der Waals surface area (Å²) >= 11 is 1.37. The van der Waals surface area contributed by atoms with Crippen LogP contribution in [0.3, 0.4) is 0 Å². The van der Waals surface area contributed by atoms with Crippen LogP contribution in [-0.2, 0) is 9.53 Å². The number of hydrogen-bond donors (Lipinski definition) is 2. The van der Waals surface area contributed by atoms with Crippen LogP contribution >= 0.6 is 11.3 Å². The SMILES string of the molecule is CCOC(=O)c1c(NC(=O)CN[C@H](C)c2ccco2)sc(-c2ccccc2)c1C. The Bertz CT molecular complexity index is 964. The lowest BCUT2D eigenvalue weighted by Crippen LogP contribution is -2.30. The Morgan fingerprint density at radius 1 is 1.17 bits per heavy atom. The molecule has 2 N–H and O–H groups in total. The average Bonchev–Trinajstić information content (AvgIpc) is 3.35. The van der Waals surface area contributed by atoms with Gasteiger partial charge in [0.1, 0.15) is 10.8 Å². The molecule has 0 fully saturated rings. The first kappa shape index (κ1) is 20.8. The van der Waals surface area contributed by atoms with Crippen LogP contribution in [0.25, 0.3) is 10.4 Å². The maximum absolute atomic E-state index is 12.5. The van der Waals surface area contributed by atoms with E-state index in [-0.39, 0.29) is 25.1 Å². The summed E-state index contributed by atoms with van der Waals surface area (Å²) < 4.78 is 10.6. The maximum atomic E-state index is 12.5. The summed E-state index contributed by atoms with van der Waals surface area (Å²) in [6, 6.07) is 13.3. The number of furan rings is 1. The lowest BCUT2D eigenvalue weighted by atomic mass is 10.1. The number of rotatable bonds is 8. The third kappa shape index (κ3) is 4.93. The van der Waals surface area contributed by atoms with E-state index in [1.165, 1.54) is 11.3 Å². The Hall–Kier alpha value is -2.90.